The van der Waals surface area contributed by atoms with Crippen molar-refractivity contribution in [3.63, 3.8) is 0 Å². The van der Waals surface area contributed by atoms with Gasteiger partial charge in [0, 0.05) is 11.4 Å². The van der Waals surface area contributed by atoms with Crippen LogP contribution in [0.25, 0.3) is 0 Å². The van der Waals surface area contributed by atoms with E-state index in [0.717, 1.165) is 17.1 Å². The van der Waals surface area contributed by atoms with Crippen molar-refractivity contribution in [2.24, 2.45) is 0 Å². The molecule has 0 spiro atoms. The van der Waals surface area contributed by atoms with Crippen LogP contribution in [0.3, 0.4) is 0 Å². The summed E-state index contributed by atoms with van der Waals surface area (Å²) in [6.07, 6.45) is 0. The Hall–Kier alpha value is -2.49. The van der Waals surface area contributed by atoms with Crippen LogP contribution in [0.2, 0.25) is 0 Å². The maximum Gasteiger partial charge on any atom is 0.246 e. The molecule has 4 heteroatoms. The molecular weight excluding hydrogens is 264 g/mol. The monoisotopic (exact) mass is 284 g/mol. The maximum atomic E-state index is 12.1. The van der Waals surface area contributed by atoms with E-state index in [2.05, 4.69) is 10.6 Å². The first-order valence-electron chi connectivity index (χ1n) is 7.04. The Bertz CT molecular complexity index is 567. The predicted octanol–water partition coefficient (Wildman–Crippen LogP) is 3.52. The molecule has 0 heterocycles. The summed E-state index contributed by atoms with van der Waals surface area (Å²) in [7, 11) is 0. The third-order valence-corrected chi connectivity index (χ3v) is 2.98. The second-order valence-electron chi connectivity index (χ2n) is 4.68. The quantitative estimate of drug-likeness (QED) is 0.853. The Balaban J connectivity index is 1.91. The van der Waals surface area contributed by atoms with Gasteiger partial charge in [-0.15, -0.1) is 0 Å². The second kappa shape index (κ2) is 7.33. The minimum Gasteiger partial charge on any atom is -0.494 e. The maximum absolute atomic E-state index is 12.1. The van der Waals surface area contributed by atoms with Gasteiger partial charge in [-0.3, -0.25) is 4.79 Å². The third kappa shape index (κ3) is 4.53. The molecule has 1 amide bonds. The van der Waals surface area contributed by atoms with Crippen molar-refractivity contribution in [3.8, 4) is 5.75 Å². The Labute approximate surface area is 125 Å². The van der Waals surface area contributed by atoms with Crippen LogP contribution in [0.4, 0.5) is 11.4 Å². The highest BCUT2D eigenvalue weighted by atomic mass is 16.5. The smallest absolute Gasteiger partial charge is 0.246 e. The Morgan fingerprint density at radius 3 is 2.33 bits per heavy atom. The number of ether oxygens (including phenoxy) is 1. The largest absolute Gasteiger partial charge is 0.494 e. The molecule has 0 bridgehead atoms. The van der Waals surface area contributed by atoms with Crippen molar-refractivity contribution in [2.45, 2.75) is 19.9 Å². The lowest BCUT2D eigenvalue weighted by atomic mass is 10.2. The molecule has 110 valence electrons. The minimum atomic E-state index is -0.330. The number of benzene rings is 2. The standard InChI is InChI=1S/C17H20N2O2/c1-3-21-16-11-9-15(10-12-16)18-13(2)17(20)19-14-7-5-4-6-8-14/h4-13,18H,3H2,1-2H3,(H,19,20). The van der Waals surface area contributed by atoms with Gasteiger partial charge in [0.15, 0.2) is 0 Å². The zero-order valence-corrected chi connectivity index (χ0v) is 12.3. The molecule has 0 radical (unpaired) electrons. The fourth-order valence-electron chi connectivity index (χ4n) is 1.90. The molecule has 1 atom stereocenters. The van der Waals surface area contributed by atoms with Gasteiger partial charge in [-0.1, -0.05) is 18.2 Å². The van der Waals surface area contributed by atoms with Crippen molar-refractivity contribution in [1.82, 2.24) is 0 Å². The van der Waals surface area contributed by atoms with Crippen molar-refractivity contribution < 1.29 is 9.53 Å². The first-order chi connectivity index (χ1) is 10.2. The molecule has 2 aromatic rings. The van der Waals surface area contributed by atoms with E-state index in [9.17, 15) is 4.79 Å². The van der Waals surface area contributed by atoms with E-state index in [-0.39, 0.29) is 11.9 Å². The zero-order chi connectivity index (χ0) is 15.1. The summed E-state index contributed by atoms with van der Waals surface area (Å²) in [5, 5.41) is 6.03. The number of carbonyl (C=O) groups excluding carboxylic acids is 1. The summed E-state index contributed by atoms with van der Waals surface area (Å²) >= 11 is 0. The van der Waals surface area contributed by atoms with E-state index in [0.29, 0.717) is 6.61 Å². The van der Waals surface area contributed by atoms with Gasteiger partial charge in [-0.25, -0.2) is 0 Å². The zero-order valence-electron chi connectivity index (χ0n) is 12.3. The number of carbonyl (C=O) groups is 1. The lowest BCUT2D eigenvalue weighted by Crippen LogP contribution is -2.31. The van der Waals surface area contributed by atoms with Gasteiger partial charge in [0.25, 0.3) is 0 Å². The molecule has 0 saturated carbocycles. The Morgan fingerprint density at radius 2 is 1.71 bits per heavy atom. The molecule has 21 heavy (non-hydrogen) atoms. The van der Waals surface area contributed by atoms with Gasteiger partial charge in [0.1, 0.15) is 11.8 Å². The van der Waals surface area contributed by atoms with E-state index in [1.165, 1.54) is 0 Å². The number of nitrogens with one attached hydrogen (secondary N) is 2. The molecule has 0 fully saturated rings. The van der Waals surface area contributed by atoms with Crippen LogP contribution in [0.1, 0.15) is 13.8 Å². The molecule has 0 aliphatic heterocycles. The van der Waals surface area contributed by atoms with Crippen molar-refractivity contribution >= 4 is 17.3 Å². The average molecular weight is 284 g/mol. The van der Waals surface area contributed by atoms with Crippen LogP contribution in [0.5, 0.6) is 5.75 Å². The molecule has 2 rings (SSSR count). The van der Waals surface area contributed by atoms with Gasteiger partial charge < -0.3 is 15.4 Å². The van der Waals surface area contributed by atoms with Crippen molar-refractivity contribution in [1.29, 1.82) is 0 Å². The predicted molar refractivity (Wildman–Crippen MR) is 85.8 cm³/mol. The van der Waals surface area contributed by atoms with Gasteiger partial charge >= 0.3 is 0 Å². The molecule has 4 nitrogen and oxygen atoms in total. The van der Waals surface area contributed by atoms with Crippen molar-refractivity contribution in [3.05, 3.63) is 54.6 Å². The summed E-state index contributed by atoms with van der Waals surface area (Å²) < 4.78 is 5.39. The molecule has 1 unspecified atom stereocenters. The van der Waals surface area contributed by atoms with Gasteiger partial charge in [0.05, 0.1) is 6.61 Å². The lowest BCUT2D eigenvalue weighted by Gasteiger charge is -2.15. The minimum absolute atomic E-state index is 0.0740. The fraction of sp³-hybridized carbons (Fsp3) is 0.235. The highest BCUT2D eigenvalue weighted by Crippen LogP contribution is 2.16. The van der Waals surface area contributed by atoms with Crippen LogP contribution in [-0.4, -0.2) is 18.6 Å². The second-order valence-corrected chi connectivity index (χ2v) is 4.68. The summed E-state index contributed by atoms with van der Waals surface area (Å²) in [6, 6.07) is 16.7. The number of anilines is 2. The lowest BCUT2D eigenvalue weighted by molar-refractivity contribution is -0.116. The molecule has 2 aromatic carbocycles. The summed E-state index contributed by atoms with van der Waals surface area (Å²) in [6.45, 7) is 4.42. The number of rotatable bonds is 6. The molecule has 0 aromatic heterocycles. The van der Waals surface area contributed by atoms with Crippen LogP contribution < -0.4 is 15.4 Å². The Morgan fingerprint density at radius 1 is 1.05 bits per heavy atom. The van der Waals surface area contributed by atoms with Gasteiger partial charge in [-0.2, -0.15) is 0 Å². The highest BCUT2D eigenvalue weighted by Gasteiger charge is 2.12. The highest BCUT2D eigenvalue weighted by molar-refractivity contribution is 5.96. The summed E-state index contributed by atoms with van der Waals surface area (Å²) in [5.74, 6) is 0.750. The van der Waals surface area contributed by atoms with E-state index >= 15 is 0 Å². The van der Waals surface area contributed by atoms with Crippen molar-refractivity contribution in [2.75, 3.05) is 17.2 Å². The van der Waals surface area contributed by atoms with Crippen LogP contribution in [0, 0.1) is 0 Å². The molecular formula is C17H20N2O2. The SMILES string of the molecule is CCOc1ccc(NC(C)C(=O)Nc2ccccc2)cc1. The fourth-order valence-corrected chi connectivity index (χ4v) is 1.90. The van der Waals surface area contributed by atoms with E-state index in [1.807, 2.05) is 68.4 Å². The summed E-state index contributed by atoms with van der Waals surface area (Å²) in [4.78, 5) is 12.1. The molecule has 0 saturated heterocycles. The number of hydrogen-bond acceptors (Lipinski definition) is 3. The van der Waals surface area contributed by atoms with E-state index in [1.54, 1.807) is 0 Å². The third-order valence-electron chi connectivity index (χ3n) is 2.98. The first kappa shape index (κ1) is 14.9. The van der Waals surface area contributed by atoms with Crippen LogP contribution in [-0.2, 0) is 4.79 Å². The number of amides is 1. The number of hydrogen-bond donors (Lipinski definition) is 2. The average Bonchev–Trinajstić information content (AvgIpc) is 2.50. The molecule has 0 aliphatic rings. The van der Waals surface area contributed by atoms with E-state index < -0.39 is 0 Å². The molecule has 2 N–H and O–H groups in total. The number of para-hydroxylation sites is 1. The summed E-state index contributed by atoms with van der Waals surface area (Å²) in [5.41, 5.74) is 1.68. The first-order valence-corrected chi connectivity index (χ1v) is 7.04. The Kier molecular flexibility index (Phi) is 5.21. The van der Waals surface area contributed by atoms with Crippen LogP contribution >= 0.6 is 0 Å². The van der Waals surface area contributed by atoms with Gasteiger partial charge in [-0.05, 0) is 50.2 Å². The molecule has 0 aliphatic carbocycles. The normalized spacial score (nSPS) is 11.5. The van der Waals surface area contributed by atoms with Crippen LogP contribution in [0.15, 0.2) is 54.6 Å². The van der Waals surface area contributed by atoms with Gasteiger partial charge in [0.2, 0.25) is 5.91 Å². The topological polar surface area (TPSA) is 50.4 Å². The van der Waals surface area contributed by atoms with E-state index in [4.69, 9.17) is 4.74 Å².